The molecule has 8 atom stereocenters. The molecule has 0 aromatic rings. The Balaban J connectivity index is 1.54. The third kappa shape index (κ3) is 3.34. The molecule has 6 unspecified atom stereocenters. The molecule has 4 rings (SSSR count). The lowest BCUT2D eigenvalue weighted by Crippen LogP contribution is -2.49. The fraction of sp³-hybridized carbons (Fsp3) is 0.852. The van der Waals surface area contributed by atoms with E-state index in [4.69, 9.17) is 0 Å². The zero-order valence-corrected chi connectivity index (χ0v) is 19.1. The van der Waals surface area contributed by atoms with Gasteiger partial charge in [0, 0.05) is 0 Å². The Labute approximate surface area is 174 Å². The van der Waals surface area contributed by atoms with Gasteiger partial charge in [0.2, 0.25) is 0 Å². The van der Waals surface area contributed by atoms with Crippen molar-refractivity contribution in [1.29, 1.82) is 0 Å². The molecule has 3 saturated carbocycles. The number of fused-ring (bicyclic) bond motifs is 5. The van der Waals surface area contributed by atoms with Gasteiger partial charge in [0.05, 0.1) is 6.10 Å². The maximum absolute atomic E-state index is 10.2. The van der Waals surface area contributed by atoms with E-state index in [0.717, 1.165) is 36.5 Å². The van der Waals surface area contributed by atoms with E-state index in [-0.39, 0.29) is 6.10 Å². The average Bonchev–Trinajstić information content (AvgIpc) is 2.99. The van der Waals surface area contributed by atoms with Crippen LogP contribution in [0, 0.1) is 46.3 Å². The monoisotopic (exact) mass is 384 g/mol. The zero-order chi connectivity index (χ0) is 20.1. The lowest BCUT2D eigenvalue weighted by atomic mass is 9.47. The summed E-state index contributed by atoms with van der Waals surface area (Å²) >= 11 is 0. The quantitative estimate of drug-likeness (QED) is 0.510. The average molecular weight is 385 g/mol. The zero-order valence-electron chi connectivity index (χ0n) is 19.1. The van der Waals surface area contributed by atoms with Crippen molar-refractivity contribution in [3.8, 4) is 0 Å². The van der Waals surface area contributed by atoms with Gasteiger partial charge in [0.15, 0.2) is 0 Å². The summed E-state index contributed by atoms with van der Waals surface area (Å²) in [5.41, 5.74) is 2.80. The highest BCUT2D eigenvalue weighted by Gasteiger charge is 2.57. The predicted molar refractivity (Wildman–Crippen MR) is 119 cm³/mol. The minimum absolute atomic E-state index is 0.0452. The summed E-state index contributed by atoms with van der Waals surface area (Å²) in [5.74, 6) is 4.65. The molecule has 4 aliphatic carbocycles. The van der Waals surface area contributed by atoms with Crippen molar-refractivity contribution in [3.05, 3.63) is 23.8 Å². The number of rotatable bonds is 4. The van der Waals surface area contributed by atoms with Crippen LogP contribution in [-0.4, -0.2) is 11.2 Å². The molecule has 1 heteroatoms. The number of aliphatic hydroxyl groups is 1. The van der Waals surface area contributed by atoms with Crippen molar-refractivity contribution in [1.82, 2.24) is 0 Å². The van der Waals surface area contributed by atoms with Crippen LogP contribution in [0.4, 0.5) is 0 Å². The van der Waals surface area contributed by atoms with Crippen molar-refractivity contribution in [3.63, 3.8) is 0 Å². The van der Waals surface area contributed by atoms with Crippen LogP contribution < -0.4 is 0 Å². The van der Waals surface area contributed by atoms with Gasteiger partial charge in [-0.05, 0) is 104 Å². The van der Waals surface area contributed by atoms with Gasteiger partial charge in [0.25, 0.3) is 0 Å². The second-order valence-electron chi connectivity index (χ2n) is 11.8. The number of allylic oxidation sites excluding steroid dienone is 4. The van der Waals surface area contributed by atoms with Crippen molar-refractivity contribution >= 4 is 0 Å². The van der Waals surface area contributed by atoms with E-state index in [9.17, 15) is 5.11 Å². The topological polar surface area (TPSA) is 20.2 Å². The normalized spacial score (nSPS) is 46.8. The Hall–Kier alpha value is -0.560. The first-order chi connectivity index (χ1) is 13.3. The molecule has 0 bridgehead atoms. The molecule has 0 aromatic heterocycles. The van der Waals surface area contributed by atoms with E-state index in [2.05, 4.69) is 52.8 Å². The second kappa shape index (κ2) is 7.60. The van der Waals surface area contributed by atoms with E-state index >= 15 is 0 Å². The Morgan fingerprint density at radius 1 is 1.04 bits per heavy atom. The van der Waals surface area contributed by atoms with Crippen molar-refractivity contribution in [2.45, 2.75) is 98.5 Å². The van der Waals surface area contributed by atoms with Crippen LogP contribution in [0.2, 0.25) is 0 Å². The molecule has 4 aliphatic rings. The van der Waals surface area contributed by atoms with E-state index in [1.807, 2.05) is 5.57 Å². The van der Waals surface area contributed by atoms with Crippen molar-refractivity contribution in [2.24, 2.45) is 46.3 Å². The molecule has 28 heavy (non-hydrogen) atoms. The highest BCUT2D eigenvalue weighted by atomic mass is 16.3. The fourth-order valence-corrected chi connectivity index (χ4v) is 8.09. The summed E-state index contributed by atoms with van der Waals surface area (Å²) in [5, 5.41) is 10.2. The summed E-state index contributed by atoms with van der Waals surface area (Å²) in [6, 6.07) is 0. The SMILES string of the molecule is CC(C)C/C=C/[C@@H](C)C1CCC2C3=CC[C@H]4CC(O)CCC4(C)C3CCC21C. The largest absolute Gasteiger partial charge is 0.393 e. The Morgan fingerprint density at radius 3 is 2.50 bits per heavy atom. The van der Waals surface area contributed by atoms with Crippen molar-refractivity contribution in [2.75, 3.05) is 0 Å². The molecular formula is C27H44O. The summed E-state index contributed by atoms with van der Waals surface area (Å²) < 4.78 is 0. The number of hydrogen-bond acceptors (Lipinski definition) is 1. The summed E-state index contributed by atoms with van der Waals surface area (Å²) in [7, 11) is 0. The van der Waals surface area contributed by atoms with Crippen LogP contribution >= 0.6 is 0 Å². The molecule has 0 radical (unpaired) electrons. The highest BCUT2D eigenvalue weighted by molar-refractivity contribution is 5.28. The third-order valence-electron chi connectivity index (χ3n) is 9.81. The second-order valence-corrected chi connectivity index (χ2v) is 11.8. The van der Waals surface area contributed by atoms with Gasteiger partial charge < -0.3 is 5.11 Å². The van der Waals surface area contributed by atoms with E-state index in [1.54, 1.807) is 0 Å². The van der Waals surface area contributed by atoms with Gasteiger partial charge in [-0.2, -0.15) is 0 Å². The summed E-state index contributed by atoms with van der Waals surface area (Å²) in [6.45, 7) is 12.3. The maximum Gasteiger partial charge on any atom is 0.0543 e. The lowest BCUT2D eigenvalue weighted by Gasteiger charge is -2.57. The Bertz CT molecular complexity index is 630. The maximum atomic E-state index is 10.2. The standard InChI is InChI=1S/C27H44O/c1-18(2)7-6-8-19(3)23-11-12-24-22-10-9-20-17-21(28)13-15-26(20,4)25(22)14-16-27(23,24)5/h6,8,10,18-21,23-25,28H,7,9,11-17H2,1-5H3/b8-6+/t19-,20+,21?,23?,24?,25?,26?,27?/m1/s1. The van der Waals surface area contributed by atoms with Crippen LogP contribution in [0.15, 0.2) is 23.8 Å². The smallest absolute Gasteiger partial charge is 0.0543 e. The highest BCUT2D eigenvalue weighted by Crippen LogP contribution is 2.66. The van der Waals surface area contributed by atoms with Gasteiger partial charge in [-0.3, -0.25) is 0 Å². The first-order valence-electron chi connectivity index (χ1n) is 12.3. The minimum Gasteiger partial charge on any atom is -0.393 e. The van der Waals surface area contributed by atoms with Crippen LogP contribution in [0.25, 0.3) is 0 Å². The summed E-state index contributed by atoms with van der Waals surface area (Å²) in [6.07, 6.45) is 19.0. The number of hydrogen-bond donors (Lipinski definition) is 1. The molecule has 3 fully saturated rings. The minimum atomic E-state index is -0.0452. The van der Waals surface area contributed by atoms with E-state index in [0.29, 0.717) is 22.7 Å². The number of aliphatic hydroxyl groups excluding tert-OH is 1. The molecular weight excluding hydrogens is 340 g/mol. The predicted octanol–water partition coefficient (Wildman–Crippen LogP) is 7.16. The molecule has 0 aliphatic heterocycles. The van der Waals surface area contributed by atoms with Crippen LogP contribution in [0.1, 0.15) is 92.4 Å². The van der Waals surface area contributed by atoms with Crippen LogP contribution in [0.3, 0.4) is 0 Å². The first-order valence-corrected chi connectivity index (χ1v) is 12.3. The molecule has 1 nitrogen and oxygen atoms in total. The molecule has 158 valence electrons. The third-order valence-corrected chi connectivity index (χ3v) is 9.81. The molecule has 0 saturated heterocycles. The van der Waals surface area contributed by atoms with Gasteiger partial charge in [-0.15, -0.1) is 0 Å². The van der Waals surface area contributed by atoms with Crippen LogP contribution in [-0.2, 0) is 0 Å². The van der Waals surface area contributed by atoms with Gasteiger partial charge in [-0.25, -0.2) is 0 Å². The Morgan fingerprint density at radius 2 is 1.75 bits per heavy atom. The molecule has 0 heterocycles. The molecule has 1 N–H and O–H groups in total. The lowest BCUT2D eigenvalue weighted by molar-refractivity contribution is -0.0414. The fourth-order valence-electron chi connectivity index (χ4n) is 8.09. The molecule has 0 aromatic carbocycles. The van der Waals surface area contributed by atoms with Crippen molar-refractivity contribution < 1.29 is 5.11 Å². The summed E-state index contributed by atoms with van der Waals surface area (Å²) in [4.78, 5) is 0. The van der Waals surface area contributed by atoms with Crippen LogP contribution in [0.5, 0.6) is 0 Å². The molecule has 0 spiro atoms. The van der Waals surface area contributed by atoms with Gasteiger partial charge in [-0.1, -0.05) is 58.4 Å². The molecule has 0 amide bonds. The van der Waals surface area contributed by atoms with Gasteiger partial charge >= 0.3 is 0 Å². The van der Waals surface area contributed by atoms with E-state index in [1.165, 1.54) is 44.9 Å². The first kappa shape index (κ1) is 20.7. The Kier molecular flexibility index (Phi) is 5.62. The van der Waals surface area contributed by atoms with Gasteiger partial charge in [0.1, 0.15) is 0 Å². The van der Waals surface area contributed by atoms with E-state index < -0.39 is 0 Å².